The second-order valence-corrected chi connectivity index (χ2v) is 7.13. The van der Waals surface area contributed by atoms with Crippen LogP contribution in [0.1, 0.15) is 24.6 Å². The SMILES string of the molecule is CC(C(=O)NCc1cccs1)N1CCCC(Cn2cncn2)C1. The van der Waals surface area contributed by atoms with E-state index in [9.17, 15) is 4.79 Å². The molecular formula is C16H23N5OS. The zero-order chi connectivity index (χ0) is 16.1. The van der Waals surface area contributed by atoms with E-state index in [1.165, 1.54) is 11.3 Å². The van der Waals surface area contributed by atoms with E-state index in [1.54, 1.807) is 24.0 Å². The lowest BCUT2D eigenvalue weighted by Gasteiger charge is -2.36. The van der Waals surface area contributed by atoms with Gasteiger partial charge in [0.2, 0.25) is 5.91 Å². The summed E-state index contributed by atoms with van der Waals surface area (Å²) in [5.74, 6) is 0.637. The van der Waals surface area contributed by atoms with Crippen molar-refractivity contribution in [2.45, 2.75) is 38.9 Å². The first-order valence-corrected chi connectivity index (χ1v) is 8.97. The van der Waals surface area contributed by atoms with E-state index in [0.717, 1.165) is 26.1 Å². The molecule has 3 heterocycles. The molecule has 0 aliphatic carbocycles. The van der Waals surface area contributed by atoms with Gasteiger partial charge in [-0.15, -0.1) is 11.3 Å². The number of amides is 1. The lowest BCUT2D eigenvalue weighted by molar-refractivity contribution is -0.126. The van der Waals surface area contributed by atoms with Gasteiger partial charge in [-0.3, -0.25) is 14.4 Å². The molecule has 0 saturated carbocycles. The summed E-state index contributed by atoms with van der Waals surface area (Å²) in [6.07, 6.45) is 5.64. The van der Waals surface area contributed by atoms with Crippen molar-refractivity contribution in [1.29, 1.82) is 0 Å². The van der Waals surface area contributed by atoms with Gasteiger partial charge in [0.05, 0.1) is 12.6 Å². The first-order valence-electron chi connectivity index (χ1n) is 8.09. The summed E-state index contributed by atoms with van der Waals surface area (Å²) in [6.45, 7) is 5.42. The van der Waals surface area contributed by atoms with Gasteiger partial charge in [0.15, 0.2) is 0 Å². The lowest BCUT2D eigenvalue weighted by atomic mass is 9.96. The number of nitrogens with one attached hydrogen (secondary N) is 1. The lowest BCUT2D eigenvalue weighted by Crippen LogP contribution is -2.49. The van der Waals surface area contributed by atoms with E-state index in [1.807, 2.05) is 29.1 Å². The number of likely N-dealkylation sites (tertiary alicyclic amines) is 1. The third kappa shape index (κ3) is 4.39. The van der Waals surface area contributed by atoms with Crippen molar-refractivity contribution in [1.82, 2.24) is 25.0 Å². The molecule has 0 bridgehead atoms. The van der Waals surface area contributed by atoms with Gasteiger partial charge in [0, 0.05) is 18.0 Å². The minimum atomic E-state index is -0.0893. The minimum absolute atomic E-state index is 0.0893. The number of carbonyl (C=O) groups is 1. The number of rotatable bonds is 6. The highest BCUT2D eigenvalue weighted by Gasteiger charge is 2.27. The van der Waals surface area contributed by atoms with Crippen LogP contribution in [0.3, 0.4) is 0 Å². The van der Waals surface area contributed by atoms with Crippen LogP contribution in [0.2, 0.25) is 0 Å². The first-order chi connectivity index (χ1) is 11.2. The van der Waals surface area contributed by atoms with Crippen LogP contribution in [-0.2, 0) is 17.9 Å². The molecule has 23 heavy (non-hydrogen) atoms. The zero-order valence-corrected chi connectivity index (χ0v) is 14.2. The van der Waals surface area contributed by atoms with Gasteiger partial charge in [-0.1, -0.05) is 6.07 Å². The summed E-state index contributed by atoms with van der Waals surface area (Å²) in [5, 5.41) is 9.26. The molecule has 0 radical (unpaired) electrons. The molecule has 1 N–H and O–H groups in total. The molecule has 7 heteroatoms. The fraction of sp³-hybridized carbons (Fsp3) is 0.562. The molecule has 0 spiro atoms. The quantitative estimate of drug-likeness (QED) is 0.875. The molecule has 1 aliphatic rings. The van der Waals surface area contributed by atoms with Crippen molar-refractivity contribution < 1.29 is 4.79 Å². The molecule has 2 atom stereocenters. The number of thiophene rings is 1. The molecular weight excluding hydrogens is 310 g/mol. The Morgan fingerprint density at radius 1 is 1.57 bits per heavy atom. The number of hydrogen-bond acceptors (Lipinski definition) is 5. The number of nitrogens with zero attached hydrogens (tertiary/aromatic N) is 4. The van der Waals surface area contributed by atoms with Crippen molar-refractivity contribution in [3.8, 4) is 0 Å². The molecule has 2 unspecified atom stereocenters. The third-order valence-electron chi connectivity index (χ3n) is 4.41. The van der Waals surface area contributed by atoms with Crippen molar-refractivity contribution in [3.05, 3.63) is 35.0 Å². The topological polar surface area (TPSA) is 63.1 Å². The minimum Gasteiger partial charge on any atom is -0.350 e. The molecule has 3 rings (SSSR count). The Hall–Kier alpha value is -1.73. The number of aromatic nitrogens is 3. The summed E-state index contributed by atoms with van der Waals surface area (Å²) in [7, 11) is 0. The Morgan fingerprint density at radius 3 is 3.22 bits per heavy atom. The van der Waals surface area contributed by atoms with Gasteiger partial charge >= 0.3 is 0 Å². The van der Waals surface area contributed by atoms with E-state index in [-0.39, 0.29) is 11.9 Å². The highest BCUT2D eigenvalue weighted by molar-refractivity contribution is 7.09. The summed E-state index contributed by atoms with van der Waals surface area (Å²) in [4.78, 5) is 19.9. The normalized spacial score (nSPS) is 20.3. The first kappa shape index (κ1) is 16.1. The van der Waals surface area contributed by atoms with Crippen molar-refractivity contribution in [2.24, 2.45) is 5.92 Å². The van der Waals surface area contributed by atoms with Crippen LogP contribution in [0.15, 0.2) is 30.2 Å². The molecule has 1 aliphatic heterocycles. The predicted octanol–water partition coefficient (Wildman–Crippen LogP) is 1.76. The highest BCUT2D eigenvalue weighted by Crippen LogP contribution is 2.20. The van der Waals surface area contributed by atoms with Gasteiger partial charge in [-0.2, -0.15) is 5.10 Å². The van der Waals surface area contributed by atoms with Crippen LogP contribution >= 0.6 is 11.3 Å². The molecule has 1 fully saturated rings. The van der Waals surface area contributed by atoms with Gasteiger partial charge in [-0.25, -0.2) is 4.98 Å². The number of piperidine rings is 1. The van der Waals surface area contributed by atoms with E-state index >= 15 is 0 Å². The third-order valence-corrected chi connectivity index (χ3v) is 5.28. The summed E-state index contributed by atoms with van der Waals surface area (Å²) >= 11 is 1.67. The Balaban J connectivity index is 1.49. The largest absolute Gasteiger partial charge is 0.350 e. The second kappa shape index (κ2) is 7.70. The Labute approximate surface area is 140 Å². The van der Waals surface area contributed by atoms with Gasteiger partial charge < -0.3 is 5.32 Å². The van der Waals surface area contributed by atoms with E-state index in [2.05, 4.69) is 20.3 Å². The zero-order valence-electron chi connectivity index (χ0n) is 13.4. The van der Waals surface area contributed by atoms with Crippen LogP contribution in [0.5, 0.6) is 0 Å². The fourth-order valence-electron chi connectivity index (χ4n) is 3.09. The van der Waals surface area contributed by atoms with Crippen LogP contribution in [0.25, 0.3) is 0 Å². The Kier molecular flexibility index (Phi) is 5.40. The predicted molar refractivity (Wildman–Crippen MR) is 89.9 cm³/mol. The molecule has 124 valence electrons. The van der Waals surface area contributed by atoms with Crippen LogP contribution in [0, 0.1) is 5.92 Å². The smallest absolute Gasteiger partial charge is 0.237 e. The maximum absolute atomic E-state index is 12.4. The standard InChI is InChI=1S/C16H23N5OS/c1-13(16(22)18-8-15-5-3-7-23-15)20-6-2-4-14(9-20)10-21-12-17-11-19-21/h3,5,7,11-14H,2,4,6,8-10H2,1H3,(H,18,22). The molecule has 0 aromatic carbocycles. The average Bonchev–Trinajstić information content (AvgIpc) is 3.25. The maximum atomic E-state index is 12.4. The maximum Gasteiger partial charge on any atom is 0.237 e. The molecule has 1 amide bonds. The van der Waals surface area contributed by atoms with E-state index in [4.69, 9.17) is 0 Å². The van der Waals surface area contributed by atoms with Crippen molar-refractivity contribution in [3.63, 3.8) is 0 Å². The molecule has 2 aromatic rings. The van der Waals surface area contributed by atoms with Gasteiger partial charge in [-0.05, 0) is 43.7 Å². The fourth-order valence-corrected chi connectivity index (χ4v) is 3.74. The monoisotopic (exact) mass is 333 g/mol. The van der Waals surface area contributed by atoms with Crippen LogP contribution in [0.4, 0.5) is 0 Å². The van der Waals surface area contributed by atoms with Crippen LogP contribution < -0.4 is 5.32 Å². The average molecular weight is 333 g/mol. The Morgan fingerprint density at radius 2 is 2.48 bits per heavy atom. The summed E-state index contributed by atoms with van der Waals surface area (Å²) < 4.78 is 1.88. The molecule has 1 saturated heterocycles. The number of carbonyl (C=O) groups excluding carboxylic acids is 1. The summed E-state index contributed by atoms with van der Waals surface area (Å²) in [5.41, 5.74) is 0. The van der Waals surface area contributed by atoms with Crippen molar-refractivity contribution in [2.75, 3.05) is 13.1 Å². The Bertz CT molecular complexity index is 598. The van der Waals surface area contributed by atoms with Gasteiger partial charge in [0.25, 0.3) is 0 Å². The summed E-state index contributed by atoms with van der Waals surface area (Å²) in [6, 6.07) is 3.97. The van der Waals surface area contributed by atoms with E-state index < -0.39 is 0 Å². The second-order valence-electron chi connectivity index (χ2n) is 6.09. The molecule has 6 nitrogen and oxygen atoms in total. The number of hydrogen-bond donors (Lipinski definition) is 1. The van der Waals surface area contributed by atoms with Gasteiger partial charge in [0.1, 0.15) is 12.7 Å². The van der Waals surface area contributed by atoms with Crippen molar-refractivity contribution >= 4 is 17.2 Å². The van der Waals surface area contributed by atoms with E-state index in [0.29, 0.717) is 12.5 Å². The van der Waals surface area contributed by atoms with Crippen LogP contribution in [-0.4, -0.2) is 44.7 Å². The molecule has 2 aromatic heterocycles. The highest BCUT2D eigenvalue weighted by atomic mass is 32.1.